The van der Waals surface area contributed by atoms with Crippen LogP contribution in [0.15, 0.2) is 46.5 Å². The molecule has 5 heteroatoms. The molecule has 0 saturated heterocycles. The largest absolute Gasteiger partial charge is 0.395 e. The Morgan fingerprint density at radius 3 is 2.52 bits per heavy atom. The van der Waals surface area contributed by atoms with Crippen molar-refractivity contribution in [2.45, 2.75) is 34.1 Å². The third-order valence-corrected chi connectivity index (χ3v) is 4.67. The van der Waals surface area contributed by atoms with Gasteiger partial charge in [-0.3, -0.25) is 0 Å². The van der Waals surface area contributed by atoms with Crippen LogP contribution in [0.25, 0.3) is 0 Å². The zero-order chi connectivity index (χ0) is 19.8. The first kappa shape index (κ1) is 21.0. The Morgan fingerprint density at radius 1 is 1.15 bits per heavy atom. The van der Waals surface area contributed by atoms with Gasteiger partial charge in [0.25, 0.3) is 0 Å². The standard InChI is InChI=1S/C22H28ClN3O/c1-6-26(5)15-24-22-14-16(2)21(13-17(22)3)18(4)25-27-12-11-19-7-9-20(23)10-8-19/h7-10,13-15H,6,11-12H2,1-5H3/b24-15?,25-18+. The molecule has 27 heavy (non-hydrogen) atoms. The summed E-state index contributed by atoms with van der Waals surface area (Å²) in [6.07, 6.45) is 2.66. The van der Waals surface area contributed by atoms with Crippen LogP contribution in [0.3, 0.4) is 0 Å². The molecule has 0 heterocycles. The van der Waals surface area contributed by atoms with Crippen molar-refractivity contribution in [1.82, 2.24) is 4.90 Å². The Hall–Kier alpha value is -2.33. The molecule has 0 bridgehead atoms. The maximum atomic E-state index is 5.90. The lowest BCUT2D eigenvalue weighted by atomic mass is 10.0. The fraction of sp³-hybridized carbons (Fsp3) is 0.364. The van der Waals surface area contributed by atoms with Crippen LogP contribution in [0.1, 0.15) is 36.1 Å². The highest BCUT2D eigenvalue weighted by Crippen LogP contribution is 2.24. The van der Waals surface area contributed by atoms with Gasteiger partial charge in [-0.05, 0) is 68.7 Å². The molecule has 2 aromatic rings. The topological polar surface area (TPSA) is 37.2 Å². The first-order chi connectivity index (χ1) is 12.9. The van der Waals surface area contributed by atoms with Crippen molar-refractivity contribution in [2.75, 3.05) is 20.2 Å². The first-order valence-corrected chi connectivity index (χ1v) is 9.55. The van der Waals surface area contributed by atoms with E-state index in [9.17, 15) is 0 Å². The second kappa shape index (κ2) is 10.1. The van der Waals surface area contributed by atoms with E-state index in [2.05, 4.69) is 43.1 Å². The fourth-order valence-electron chi connectivity index (χ4n) is 2.58. The molecule has 4 nitrogen and oxygen atoms in total. The third kappa shape index (κ3) is 6.40. The van der Waals surface area contributed by atoms with Gasteiger partial charge in [-0.1, -0.05) is 28.9 Å². The van der Waals surface area contributed by atoms with Crippen LogP contribution in [0.5, 0.6) is 0 Å². The van der Waals surface area contributed by atoms with Gasteiger partial charge in [-0.15, -0.1) is 0 Å². The number of benzene rings is 2. The summed E-state index contributed by atoms with van der Waals surface area (Å²) >= 11 is 5.90. The van der Waals surface area contributed by atoms with Gasteiger partial charge in [0, 0.05) is 30.6 Å². The summed E-state index contributed by atoms with van der Waals surface area (Å²) in [5.74, 6) is 0. The first-order valence-electron chi connectivity index (χ1n) is 9.17. The van der Waals surface area contributed by atoms with E-state index in [1.54, 1.807) is 0 Å². The lowest BCUT2D eigenvalue weighted by molar-refractivity contribution is 0.147. The second-order valence-electron chi connectivity index (χ2n) is 6.66. The second-order valence-corrected chi connectivity index (χ2v) is 7.09. The van der Waals surface area contributed by atoms with Gasteiger partial charge in [0.15, 0.2) is 0 Å². The molecule has 0 unspecified atom stereocenters. The van der Waals surface area contributed by atoms with E-state index < -0.39 is 0 Å². The number of oxime groups is 1. The zero-order valence-corrected chi connectivity index (χ0v) is 17.5. The molecule has 144 valence electrons. The van der Waals surface area contributed by atoms with E-state index in [1.165, 1.54) is 5.56 Å². The lowest BCUT2D eigenvalue weighted by Gasteiger charge is -2.12. The molecule has 0 amide bonds. The van der Waals surface area contributed by atoms with Gasteiger partial charge in [0.05, 0.1) is 17.7 Å². The van der Waals surface area contributed by atoms with E-state index in [1.807, 2.05) is 49.5 Å². The smallest absolute Gasteiger partial charge is 0.121 e. The van der Waals surface area contributed by atoms with E-state index in [-0.39, 0.29) is 0 Å². The number of rotatable bonds is 8. The van der Waals surface area contributed by atoms with Crippen molar-refractivity contribution in [1.29, 1.82) is 0 Å². The normalized spacial score (nSPS) is 11.9. The van der Waals surface area contributed by atoms with Crippen molar-refractivity contribution in [2.24, 2.45) is 10.1 Å². The number of halogens is 1. The monoisotopic (exact) mass is 385 g/mol. The zero-order valence-electron chi connectivity index (χ0n) is 16.8. The molecule has 0 aliphatic carbocycles. The molecule has 0 aromatic heterocycles. The molecular formula is C22H28ClN3O. The van der Waals surface area contributed by atoms with Gasteiger partial charge < -0.3 is 9.74 Å². The van der Waals surface area contributed by atoms with Crippen LogP contribution >= 0.6 is 11.6 Å². The molecule has 0 radical (unpaired) electrons. The Morgan fingerprint density at radius 2 is 1.85 bits per heavy atom. The number of aryl methyl sites for hydroxylation is 2. The van der Waals surface area contributed by atoms with Crippen molar-refractivity contribution in [3.63, 3.8) is 0 Å². The Bertz CT molecular complexity index is 813. The van der Waals surface area contributed by atoms with Gasteiger partial charge in [-0.25, -0.2) is 4.99 Å². The molecule has 0 spiro atoms. The molecule has 0 saturated carbocycles. The van der Waals surface area contributed by atoms with Crippen molar-refractivity contribution in [3.05, 3.63) is 63.7 Å². The van der Waals surface area contributed by atoms with Gasteiger partial charge >= 0.3 is 0 Å². The number of aliphatic imine (C=N–C) groups is 1. The molecule has 0 fully saturated rings. The van der Waals surface area contributed by atoms with Crippen LogP contribution in [0.2, 0.25) is 5.02 Å². The summed E-state index contributed by atoms with van der Waals surface area (Å²) in [7, 11) is 2.01. The minimum Gasteiger partial charge on any atom is -0.395 e. The Balaban J connectivity index is 2.01. The SMILES string of the molecule is CCN(C)C=Nc1cc(C)c(/C(C)=N/OCCc2ccc(Cl)cc2)cc1C. The maximum absolute atomic E-state index is 5.90. The highest BCUT2D eigenvalue weighted by atomic mass is 35.5. The summed E-state index contributed by atoms with van der Waals surface area (Å²) < 4.78 is 0. The summed E-state index contributed by atoms with van der Waals surface area (Å²) in [5, 5.41) is 5.03. The summed E-state index contributed by atoms with van der Waals surface area (Å²) in [4.78, 5) is 12.1. The number of hydrogen-bond donors (Lipinski definition) is 0. The van der Waals surface area contributed by atoms with Crippen LogP contribution < -0.4 is 0 Å². The minimum absolute atomic E-state index is 0.530. The molecular weight excluding hydrogens is 358 g/mol. The summed E-state index contributed by atoms with van der Waals surface area (Å²) in [5.41, 5.74) is 6.36. The molecule has 0 aliphatic heterocycles. The Kier molecular flexibility index (Phi) is 7.86. The van der Waals surface area contributed by atoms with Crippen molar-refractivity contribution >= 4 is 29.3 Å². The minimum atomic E-state index is 0.530. The third-order valence-electron chi connectivity index (χ3n) is 4.42. The molecule has 0 aliphatic rings. The quantitative estimate of drug-likeness (QED) is 0.258. The van der Waals surface area contributed by atoms with Crippen molar-refractivity contribution < 1.29 is 4.84 Å². The summed E-state index contributed by atoms with van der Waals surface area (Å²) in [6.45, 7) is 9.67. The lowest BCUT2D eigenvalue weighted by Crippen LogP contribution is -2.14. The fourth-order valence-corrected chi connectivity index (χ4v) is 2.70. The number of hydrogen-bond acceptors (Lipinski definition) is 3. The van der Waals surface area contributed by atoms with Crippen LogP contribution in [0.4, 0.5) is 5.69 Å². The predicted molar refractivity (Wildman–Crippen MR) is 116 cm³/mol. The molecule has 0 N–H and O–H groups in total. The van der Waals surface area contributed by atoms with Crippen LogP contribution in [-0.4, -0.2) is 37.1 Å². The highest BCUT2D eigenvalue weighted by Gasteiger charge is 2.07. The molecule has 2 aromatic carbocycles. The van der Waals surface area contributed by atoms with E-state index in [0.717, 1.165) is 46.1 Å². The molecule has 2 rings (SSSR count). The van der Waals surface area contributed by atoms with Gasteiger partial charge in [-0.2, -0.15) is 0 Å². The van der Waals surface area contributed by atoms with E-state index in [0.29, 0.717) is 6.61 Å². The van der Waals surface area contributed by atoms with Crippen LogP contribution in [0, 0.1) is 13.8 Å². The molecule has 0 atom stereocenters. The Labute approximate surface area is 167 Å². The van der Waals surface area contributed by atoms with E-state index >= 15 is 0 Å². The predicted octanol–water partition coefficient (Wildman–Crippen LogP) is 5.55. The van der Waals surface area contributed by atoms with Gasteiger partial charge in [0.2, 0.25) is 0 Å². The van der Waals surface area contributed by atoms with Crippen molar-refractivity contribution in [3.8, 4) is 0 Å². The number of nitrogens with zero attached hydrogens (tertiary/aromatic N) is 3. The van der Waals surface area contributed by atoms with E-state index in [4.69, 9.17) is 16.4 Å². The average molecular weight is 386 g/mol. The maximum Gasteiger partial charge on any atom is 0.121 e. The van der Waals surface area contributed by atoms with Gasteiger partial charge in [0.1, 0.15) is 6.61 Å². The summed E-state index contributed by atoms with van der Waals surface area (Å²) in [6, 6.07) is 12.0. The van der Waals surface area contributed by atoms with Crippen LogP contribution in [-0.2, 0) is 11.3 Å². The highest BCUT2D eigenvalue weighted by molar-refractivity contribution is 6.30. The average Bonchev–Trinajstić information content (AvgIpc) is 2.66.